The number of sulfonamides is 1. The minimum absolute atomic E-state index is 0.0237. The third kappa shape index (κ3) is 4.01. The van der Waals surface area contributed by atoms with E-state index in [-0.39, 0.29) is 11.1 Å². The zero-order chi connectivity index (χ0) is 25.7. The number of aromatic nitrogens is 8. The summed E-state index contributed by atoms with van der Waals surface area (Å²) in [5.41, 5.74) is 10.8. The number of nitrogen functional groups attached to an aromatic ring is 1. The van der Waals surface area contributed by atoms with Crippen LogP contribution in [0.5, 0.6) is 0 Å². The summed E-state index contributed by atoms with van der Waals surface area (Å²) in [6.07, 6.45) is 8.21. The minimum atomic E-state index is -3.71. The van der Waals surface area contributed by atoms with Crippen molar-refractivity contribution in [3.05, 3.63) is 65.4 Å². The van der Waals surface area contributed by atoms with E-state index in [0.717, 1.165) is 22.5 Å². The Morgan fingerprint density at radius 1 is 1.19 bits per heavy atom. The molecule has 12 nitrogen and oxygen atoms in total. The first kappa shape index (κ1) is 23.8. The van der Waals surface area contributed by atoms with Gasteiger partial charge in [-0.05, 0) is 40.9 Å². The number of rotatable bonds is 5. The van der Waals surface area contributed by atoms with Crippen LogP contribution in [0.4, 0.5) is 5.82 Å². The molecule has 1 fully saturated rings. The summed E-state index contributed by atoms with van der Waals surface area (Å²) in [4.78, 5) is 8.82. The van der Waals surface area contributed by atoms with Crippen LogP contribution in [-0.2, 0) is 17.1 Å². The van der Waals surface area contributed by atoms with Crippen molar-refractivity contribution in [3.8, 4) is 16.8 Å². The number of aromatic amines is 1. The molecule has 0 saturated carbocycles. The number of nitrogens with two attached hydrogens (primary N) is 1. The smallest absolute Gasteiger partial charge is 0.278 e. The number of aryl methyl sites for hydroxylation is 1. The molecule has 1 saturated heterocycles. The van der Waals surface area contributed by atoms with Gasteiger partial charge in [-0.2, -0.15) is 19.0 Å². The summed E-state index contributed by atoms with van der Waals surface area (Å²) in [6.45, 7) is 0.684. The highest BCUT2D eigenvalue weighted by Crippen LogP contribution is 2.37. The largest absolute Gasteiger partial charge is 0.383 e. The highest BCUT2D eigenvalue weighted by Gasteiger charge is 2.34. The molecule has 5 aromatic rings. The Labute approximate surface area is 220 Å². The molecule has 1 aliphatic heterocycles. The summed E-state index contributed by atoms with van der Waals surface area (Å²) < 4.78 is 33.4. The third-order valence-corrected chi connectivity index (χ3v) is 9.27. The van der Waals surface area contributed by atoms with Crippen LogP contribution in [0.2, 0.25) is 0 Å². The van der Waals surface area contributed by atoms with Crippen molar-refractivity contribution in [2.24, 2.45) is 7.05 Å². The Kier molecular flexibility index (Phi) is 5.81. The van der Waals surface area contributed by atoms with E-state index >= 15 is 0 Å². The maximum Gasteiger partial charge on any atom is 0.278 e. The molecule has 1 aromatic carbocycles. The molecule has 190 valence electrons. The second-order valence-corrected chi connectivity index (χ2v) is 11.6. The highest BCUT2D eigenvalue weighted by atomic mass is 79.9. The van der Waals surface area contributed by atoms with Crippen molar-refractivity contribution in [2.75, 3.05) is 18.8 Å². The van der Waals surface area contributed by atoms with Crippen LogP contribution < -0.4 is 10.4 Å². The van der Waals surface area contributed by atoms with Crippen molar-refractivity contribution < 1.29 is 13.1 Å². The monoisotopic (exact) mass is 583 g/mol. The summed E-state index contributed by atoms with van der Waals surface area (Å²) in [6, 6.07) is 10.1. The van der Waals surface area contributed by atoms with Crippen LogP contribution in [0.1, 0.15) is 24.5 Å². The number of benzene rings is 1. The van der Waals surface area contributed by atoms with E-state index in [0.29, 0.717) is 41.9 Å². The maximum atomic E-state index is 12.8. The Balaban J connectivity index is 1.33. The van der Waals surface area contributed by atoms with Gasteiger partial charge < -0.3 is 5.73 Å². The number of hydrogen-bond acceptors (Lipinski definition) is 7. The molecule has 3 N–H and O–H groups in total. The van der Waals surface area contributed by atoms with E-state index in [1.54, 1.807) is 10.7 Å². The van der Waals surface area contributed by atoms with Crippen molar-refractivity contribution in [1.29, 1.82) is 0 Å². The third-order valence-electron chi connectivity index (χ3n) is 6.72. The molecule has 0 amide bonds. The van der Waals surface area contributed by atoms with Crippen molar-refractivity contribution >= 4 is 37.4 Å². The molecule has 0 aliphatic carbocycles. The van der Waals surface area contributed by atoms with Crippen LogP contribution >= 0.6 is 15.9 Å². The predicted octanol–water partition coefficient (Wildman–Crippen LogP) is 2.04. The summed E-state index contributed by atoms with van der Waals surface area (Å²) in [5.74, 6) is 0.477. The number of piperidine rings is 1. The van der Waals surface area contributed by atoms with Crippen LogP contribution in [-0.4, -0.2) is 60.3 Å². The van der Waals surface area contributed by atoms with Gasteiger partial charge >= 0.3 is 0 Å². The first-order valence-corrected chi connectivity index (χ1v) is 13.9. The van der Waals surface area contributed by atoms with Crippen molar-refractivity contribution in [1.82, 2.24) is 38.8 Å². The summed E-state index contributed by atoms with van der Waals surface area (Å²) in [5, 5.41) is 10.5. The molecule has 14 heteroatoms. The maximum absolute atomic E-state index is 12.8. The highest BCUT2D eigenvalue weighted by molar-refractivity contribution is 9.10. The Hall–Kier alpha value is -3.62. The number of para-hydroxylation sites is 1. The Morgan fingerprint density at radius 3 is 2.65 bits per heavy atom. The average Bonchev–Trinajstić information content (AvgIpc) is 3.67. The van der Waals surface area contributed by atoms with Crippen molar-refractivity contribution in [3.63, 3.8) is 0 Å². The second kappa shape index (κ2) is 9.04. The van der Waals surface area contributed by atoms with E-state index in [1.165, 1.54) is 10.6 Å². The quantitative estimate of drug-likeness (QED) is 0.301. The van der Waals surface area contributed by atoms with Crippen LogP contribution in [0.25, 0.3) is 22.5 Å². The Morgan fingerprint density at radius 2 is 1.95 bits per heavy atom. The van der Waals surface area contributed by atoms with E-state index < -0.39 is 10.0 Å². The van der Waals surface area contributed by atoms with E-state index in [1.807, 2.05) is 59.1 Å². The van der Waals surface area contributed by atoms with Gasteiger partial charge in [0.1, 0.15) is 17.8 Å². The zero-order valence-electron chi connectivity index (χ0n) is 19.9. The van der Waals surface area contributed by atoms with Gasteiger partial charge in [0, 0.05) is 19.0 Å². The number of nitrogens with zero attached hydrogens (tertiary/aromatic N) is 8. The lowest BCUT2D eigenvalue weighted by molar-refractivity contribution is -0.744. The number of halogens is 1. The molecule has 0 radical (unpaired) electrons. The number of fused-ring (bicyclic) bond motifs is 1. The molecule has 0 unspecified atom stereocenters. The van der Waals surface area contributed by atoms with Crippen LogP contribution in [0.15, 0.2) is 64.9 Å². The number of H-pyrrole nitrogens is 1. The van der Waals surface area contributed by atoms with E-state index in [2.05, 4.69) is 36.2 Å². The fourth-order valence-electron chi connectivity index (χ4n) is 4.79. The minimum Gasteiger partial charge on any atom is -0.383 e. The molecule has 5 heterocycles. The SMILES string of the molecule is C[n+]1cc(-c2cnn3c(N)c(Br)c(C4CCN(S(=O)(=O)c5ncn[nH]5)CC4)nc23)cn1-c1ccccc1. The Bertz CT molecular complexity index is 1690. The fraction of sp³-hybridized carbons (Fsp3) is 0.261. The molecule has 0 bridgehead atoms. The standard InChI is InChI=1S/C23H24BrN10O2S/c1-31-12-16(13-33(31)17-5-3-2-4-6-17)18-11-28-34-21(25)19(24)20(29-22(18)34)15-7-9-32(10-8-15)37(35,36)23-26-14-27-30-23/h2-6,11-15H,7-10,25H2,1H3,(H,26,27,30)/q+1. The van der Waals surface area contributed by atoms with Gasteiger partial charge in [-0.25, -0.2) is 23.5 Å². The van der Waals surface area contributed by atoms with E-state index in [9.17, 15) is 8.42 Å². The number of nitrogens with one attached hydrogen (secondary N) is 1. The molecule has 4 aromatic heterocycles. The summed E-state index contributed by atoms with van der Waals surface area (Å²) in [7, 11) is -1.73. The first-order chi connectivity index (χ1) is 17.8. The molecule has 37 heavy (non-hydrogen) atoms. The number of anilines is 1. The van der Waals surface area contributed by atoms with Gasteiger partial charge in [0.2, 0.25) is 6.20 Å². The van der Waals surface area contributed by atoms with E-state index in [4.69, 9.17) is 10.7 Å². The van der Waals surface area contributed by atoms with Gasteiger partial charge in [0.25, 0.3) is 15.2 Å². The normalized spacial score (nSPS) is 15.5. The van der Waals surface area contributed by atoms with Gasteiger partial charge in [-0.15, -0.1) is 9.36 Å². The van der Waals surface area contributed by atoms with Crippen LogP contribution in [0.3, 0.4) is 0 Å². The predicted molar refractivity (Wildman–Crippen MR) is 138 cm³/mol. The molecule has 0 spiro atoms. The topological polar surface area (TPSA) is 144 Å². The van der Waals surface area contributed by atoms with Gasteiger partial charge in [-0.1, -0.05) is 18.2 Å². The molecular weight excluding hydrogens is 560 g/mol. The molecule has 6 rings (SSSR count). The van der Waals surface area contributed by atoms with Gasteiger partial charge in [-0.3, -0.25) is 0 Å². The molecule has 1 aliphatic rings. The average molecular weight is 584 g/mol. The van der Waals surface area contributed by atoms with Gasteiger partial charge in [0.15, 0.2) is 12.7 Å². The van der Waals surface area contributed by atoms with Crippen LogP contribution in [0, 0.1) is 0 Å². The lowest BCUT2D eigenvalue weighted by atomic mass is 9.94. The lowest BCUT2D eigenvalue weighted by Gasteiger charge is -2.30. The number of hydrogen-bond donors (Lipinski definition) is 2. The summed E-state index contributed by atoms with van der Waals surface area (Å²) >= 11 is 3.62. The molecular formula is C23H24BrN10O2S+. The van der Waals surface area contributed by atoms with Crippen molar-refractivity contribution in [2.45, 2.75) is 23.9 Å². The zero-order valence-corrected chi connectivity index (χ0v) is 22.3. The molecule has 0 atom stereocenters. The van der Waals surface area contributed by atoms with Gasteiger partial charge in [0.05, 0.1) is 33.7 Å². The second-order valence-electron chi connectivity index (χ2n) is 8.93. The first-order valence-electron chi connectivity index (χ1n) is 11.7. The fourth-order valence-corrected chi connectivity index (χ4v) is 6.66. The lowest BCUT2D eigenvalue weighted by Crippen LogP contribution is -2.38.